The van der Waals surface area contributed by atoms with Gasteiger partial charge in [0, 0.05) is 39.3 Å². The number of nitrogens with zero attached hydrogens (tertiary/aromatic N) is 3. The van der Waals surface area contributed by atoms with Crippen LogP contribution in [-0.2, 0) is 23.0 Å². The van der Waals surface area contributed by atoms with E-state index in [1.54, 1.807) is 11.0 Å². The third-order valence-corrected chi connectivity index (χ3v) is 8.55. The first-order valence-electron chi connectivity index (χ1n) is 11.8. The molecule has 0 N–H and O–H groups in total. The van der Waals surface area contributed by atoms with E-state index in [0.29, 0.717) is 37.5 Å². The molecule has 0 radical (unpaired) electrons. The molecule has 0 aromatic heterocycles. The Morgan fingerprint density at radius 3 is 2.34 bits per heavy atom. The monoisotopic (exact) mass is 491 g/mol. The van der Waals surface area contributed by atoms with E-state index in [1.807, 2.05) is 42.5 Å². The first-order valence-corrected chi connectivity index (χ1v) is 13.3. The van der Waals surface area contributed by atoms with Crippen LogP contribution in [0.3, 0.4) is 0 Å². The Morgan fingerprint density at radius 1 is 0.886 bits per heavy atom. The minimum atomic E-state index is -3.81. The van der Waals surface area contributed by atoms with Gasteiger partial charge in [-0.05, 0) is 41.8 Å². The van der Waals surface area contributed by atoms with Crippen LogP contribution in [0.2, 0.25) is 0 Å². The van der Waals surface area contributed by atoms with Crippen molar-refractivity contribution in [3.8, 4) is 5.75 Å². The normalized spacial score (nSPS) is 16.3. The zero-order chi connectivity index (χ0) is 24.4. The average molecular weight is 492 g/mol. The molecule has 0 bridgehead atoms. The maximum atomic E-state index is 13.5. The lowest BCUT2D eigenvalue weighted by Crippen LogP contribution is -2.48. The standard InChI is InChI=1S/C27H29N3O4S/c1-34-26-12-11-23(35(32,33)30-14-13-22-9-5-6-10-25(22)30)19-24(26)27(31)29-17-15-28(16-18-29)20-21-7-3-2-4-8-21/h2-12,19H,13-18,20H2,1H3. The van der Waals surface area contributed by atoms with Gasteiger partial charge in [-0.25, -0.2) is 8.42 Å². The van der Waals surface area contributed by atoms with Gasteiger partial charge in [0.15, 0.2) is 0 Å². The van der Waals surface area contributed by atoms with Crippen LogP contribution < -0.4 is 9.04 Å². The van der Waals surface area contributed by atoms with Gasteiger partial charge in [0.05, 0.1) is 23.3 Å². The molecule has 0 aliphatic carbocycles. The fourth-order valence-corrected chi connectivity index (χ4v) is 6.35. The first-order chi connectivity index (χ1) is 17.0. The number of anilines is 1. The number of para-hydroxylation sites is 1. The molecule has 1 amide bonds. The summed E-state index contributed by atoms with van der Waals surface area (Å²) in [5.41, 5.74) is 3.23. The number of piperazine rings is 1. The second-order valence-electron chi connectivity index (χ2n) is 8.87. The average Bonchev–Trinajstić information content (AvgIpc) is 3.34. The molecule has 3 aromatic carbocycles. The molecule has 35 heavy (non-hydrogen) atoms. The molecule has 2 aliphatic rings. The zero-order valence-corrected chi connectivity index (χ0v) is 20.6. The number of rotatable bonds is 6. The van der Waals surface area contributed by atoms with Crippen molar-refractivity contribution in [2.75, 3.05) is 44.1 Å². The van der Waals surface area contributed by atoms with Gasteiger partial charge in [-0.1, -0.05) is 48.5 Å². The lowest BCUT2D eigenvalue weighted by Gasteiger charge is -2.35. The van der Waals surface area contributed by atoms with Crippen molar-refractivity contribution < 1.29 is 17.9 Å². The van der Waals surface area contributed by atoms with Crippen molar-refractivity contribution in [2.24, 2.45) is 0 Å². The highest BCUT2D eigenvalue weighted by Gasteiger charge is 2.32. The summed E-state index contributed by atoms with van der Waals surface area (Å²) in [7, 11) is -2.31. The number of benzene rings is 3. The van der Waals surface area contributed by atoms with Crippen molar-refractivity contribution in [2.45, 2.75) is 17.9 Å². The van der Waals surface area contributed by atoms with Crippen molar-refractivity contribution >= 4 is 21.6 Å². The van der Waals surface area contributed by atoms with E-state index < -0.39 is 10.0 Å². The quantitative estimate of drug-likeness (QED) is 0.529. The highest BCUT2D eigenvalue weighted by Crippen LogP contribution is 2.34. The largest absolute Gasteiger partial charge is 0.496 e. The van der Waals surface area contributed by atoms with E-state index >= 15 is 0 Å². The van der Waals surface area contributed by atoms with Crippen LogP contribution >= 0.6 is 0 Å². The minimum Gasteiger partial charge on any atom is -0.496 e. The SMILES string of the molecule is COc1ccc(S(=O)(=O)N2CCc3ccccc32)cc1C(=O)N1CCN(Cc2ccccc2)CC1. The molecule has 2 heterocycles. The lowest BCUT2D eigenvalue weighted by molar-refractivity contribution is 0.0625. The van der Waals surface area contributed by atoms with E-state index in [4.69, 9.17) is 4.74 Å². The molecule has 3 aromatic rings. The van der Waals surface area contributed by atoms with E-state index in [9.17, 15) is 13.2 Å². The summed E-state index contributed by atoms with van der Waals surface area (Å²) in [6, 6.07) is 22.4. The molecular weight excluding hydrogens is 462 g/mol. The van der Waals surface area contributed by atoms with Crippen LogP contribution in [0.5, 0.6) is 5.75 Å². The fourth-order valence-electron chi connectivity index (χ4n) is 4.82. The molecule has 5 rings (SSSR count). The Balaban J connectivity index is 1.34. The molecule has 182 valence electrons. The van der Waals surface area contributed by atoms with Crippen LogP contribution in [0.4, 0.5) is 5.69 Å². The van der Waals surface area contributed by atoms with Gasteiger partial charge in [-0.2, -0.15) is 0 Å². The van der Waals surface area contributed by atoms with Gasteiger partial charge in [0.1, 0.15) is 5.75 Å². The Hall–Kier alpha value is -3.36. The number of carbonyl (C=O) groups is 1. The van der Waals surface area contributed by atoms with Crippen molar-refractivity contribution in [1.82, 2.24) is 9.80 Å². The van der Waals surface area contributed by atoms with Crippen molar-refractivity contribution in [3.63, 3.8) is 0 Å². The first kappa shape index (κ1) is 23.4. The van der Waals surface area contributed by atoms with Crippen LogP contribution in [0, 0.1) is 0 Å². The number of amides is 1. The molecule has 0 saturated carbocycles. The Bertz CT molecular complexity index is 1320. The van der Waals surface area contributed by atoms with Crippen molar-refractivity contribution in [1.29, 1.82) is 0 Å². The molecule has 0 spiro atoms. The van der Waals surface area contributed by atoms with Gasteiger partial charge in [0.2, 0.25) is 0 Å². The number of hydrogen-bond donors (Lipinski definition) is 0. The van der Waals surface area contributed by atoms with E-state index in [0.717, 1.165) is 25.2 Å². The molecule has 0 atom stereocenters. The predicted octanol–water partition coefficient (Wildman–Crippen LogP) is 3.40. The van der Waals surface area contributed by atoms with Crippen LogP contribution in [0.15, 0.2) is 77.7 Å². The molecule has 8 heteroatoms. The summed E-state index contributed by atoms with van der Waals surface area (Å²) in [4.78, 5) is 17.7. The summed E-state index contributed by atoms with van der Waals surface area (Å²) < 4.78 is 33.9. The second kappa shape index (κ2) is 9.71. The van der Waals surface area contributed by atoms with E-state index in [-0.39, 0.29) is 16.4 Å². The maximum absolute atomic E-state index is 13.5. The van der Waals surface area contributed by atoms with Crippen LogP contribution in [0.25, 0.3) is 0 Å². The highest BCUT2D eigenvalue weighted by molar-refractivity contribution is 7.92. The Morgan fingerprint density at radius 2 is 1.60 bits per heavy atom. The summed E-state index contributed by atoms with van der Waals surface area (Å²) in [6.07, 6.45) is 0.671. The maximum Gasteiger partial charge on any atom is 0.264 e. The number of methoxy groups -OCH3 is 1. The molecule has 1 saturated heterocycles. The number of fused-ring (bicyclic) bond motifs is 1. The molecular formula is C27H29N3O4S. The van der Waals surface area contributed by atoms with Crippen molar-refractivity contribution in [3.05, 3.63) is 89.5 Å². The third-order valence-electron chi connectivity index (χ3n) is 6.74. The van der Waals surface area contributed by atoms with E-state index in [2.05, 4.69) is 17.0 Å². The fraction of sp³-hybridized carbons (Fsp3) is 0.296. The highest BCUT2D eigenvalue weighted by atomic mass is 32.2. The van der Waals surface area contributed by atoms with Gasteiger partial charge in [-0.3, -0.25) is 14.0 Å². The molecule has 7 nitrogen and oxygen atoms in total. The number of sulfonamides is 1. The number of hydrogen-bond acceptors (Lipinski definition) is 5. The Kier molecular flexibility index (Phi) is 6.49. The summed E-state index contributed by atoms with van der Waals surface area (Å²) in [5.74, 6) is 0.169. The van der Waals surface area contributed by atoms with Gasteiger partial charge < -0.3 is 9.64 Å². The number of ether oxygens (including phenoxy) is 1. The van der Waals surface area contributed by atoms with Gasteiger partial charge >= 0.3 is 0 Å². The topological polar surface area (TPSA) is 70.2 Å². The summed E-state index contributed by atoms with van der Waals surface area (Å²) in [6.45, 7) is 3.89. The minimum absolute atomic E-state index is 0.0982. The van der Waals surface area contributed by atoms with Crippen LogP contribution in [-0.4, -0.2) is 64.0 Å². The molecule has 1 fully saturated rings. The van der Waals surface area contributed by atoms with Gasteiger partial charge in [-0.15, -0.1) is 0 Å². The summed E-state index contributed by atoms with van der Waals surface area (Å²) >= 11 is 0. The lowest BCUT2D eigenvalue weighted by atomic mass is 10.1. The van der Waals surface area contributed by atoms with Gasteiger partial charge in [0.25, 0.3) is 15.9 Å². The smallest absolute Gasteiger partial charge is 0.264 e. The second-order valence-corrected chi connectivity index (χ2v) is 10.7. The third kappa shape index (κ3) is 4.63. The predicted molar refractivity (Wildman–Crippen MR) is 135 cm³/mol. The molecule has 0 unspecified atom stereocenters. The van der Waals surface area contributed by atoms with E-state index in [1.165, 1.54) is 29.1 Å². The Labute approximate surface area is 206 Å². The zero-order valence-electron chi connectivity index (χ0n) is 19.8. The number of carbonyl (C=O) groups excluding carboxylic acids is 1. The van der Waals surface area contributed by atoms with Crippen LogP contribution in [0.1, 0.15) is 21.5 Å². The molecule has 2 aliphatic heterocycles. The summed E-state index contributed by atoms with van der Waals surface area (Å²) in [5, 5.41) is 0.